The fourth-order valence-corrected chi connectivity index (χ4v) is 2.38. The molecule has 1 aliphatic heterocycles. The molecule has 2 N–H and O–H groups in total. The molecule has 136 valence electrons. The maximum absolute atomic E-state index is 12.8. The van der Waals surface area contributed by atoms with Gasteiger partial charge in [-0.1, -0.05) is 12.1 Å². The van der Waals surface area contributed by atoms with Crippen LogP contribution in [0.5, 0.6) is 0 Å². The van der Waals surface area contributed by atoms with Crippen molar-refractivity contribution >= 4 is 29.9 Å². The molecule has 1 saturated heterocycles. The maximum atomic E-state index is 12.8. The van der Waals surface area contributed by atoms with Gasteiger partial charge in [0.15, 0.2) is 5.96 Å². The third kappa shape index (κ3) is 8.25. The highest BCUT2D eigenvalue weighted by Crippen LogP contribution is 2.11. The van der Waals surface area contributed by atoms with Crippen molar-refractivity contribution in [3.05, 3.63) is 35.6 Å². The molecule has 0 radical (unpaired) electrons. The lowest BCUT2D eigenvalue weighted by Gasteiger charge is -2.13. The first-order valence-electron chi connectivity index (χ1n) is 8.16. The second-order valence-corrected chi connectivity index (χ2v) is 5.54. The van der Waals surface area contributed by atoms with Crippen molar-refractivity contribution in [2.24, 2.45) is 4.99 Å². The van der Waals surface area contributed by atoms with E-state index in [1.807, 2.05) is 0 Å². The smallest absolute Gasteiger partial charge is 0.191 e. The molecule has 0 saturated carbocycles. The van der Waals surface area contributed by atoms with E-state index in [0.29, 0.717) is 19.8 Å². The Kier molecular flexibility index (Phi) is 10.9. The van der Waals surface area contributed by atoms with Crippen molar-refractivity contribution < 1.29 is 13.9 Å². The first kappa shape index (κ1) is 21.1. The van der Waals surface area contributed by atoms with Crippen LogP contribution in [0, 0.1) is 5.82 Å². The Bertz CT molecular complexity index is 479. The largest absolute Gasteiger partial charge is 0.379 e. The molecule has 5 nitrogen and oxygen atoms in total. The zero-order chi connectivity index (χ0) is 16.3. The number of nitrogens with zero attached hydrogens (tertiary/aromatic N) is 1. The fourth-order valence-electron chi connectivity index (χ4n) is 2.38. The highest BCUT2D eigenvalue weighted by molar-refractivity contribution is 14.0. The predicted molar refractivity (Wildman–Crippen MR) is 104 cm³/mol. The van der Waals surface area contributed by atoms with Crippen LogP contribution in [0.1, 0.15) is 24.8 Å². The van der Waals surface area contributed by atoms with Crippen LogP contribution in [0.15, 0.2) is 29.3 Å². The van der Waals surface area contributed by atoms with Crippen molar-refractivity contribution in [1.82, 2.24) is 10.6 Å². The fraction of sp³-hybridized carbons (Fsp3) is 0.588. The monoisotopic (exact) mass is 451 g/mol. The molecule has 1 unspecified atom stereocenters. The summed E-state index contributed by atoms with van der Waals surface area (Å²) in [6, 6.07) is 6.43. The van der Waals surface area contributed by atoms with E-state index >= 15 is 0 Å². The summed E-state index contributed by atoms with van der Waals surface area (Å²) in [5.41, 5.74) is 1.01. The number of benzene rings is 1. The molecule has 0 aromatic heterocycles. The van der Waals surface area contributed by atoms with Crippen LogP contribution in [0.3, 0.4) is 0 Å². The summed E-state index contributed by atoms with van der Waals surface area (Å²) in [5.74, 6) is 0.507. The van der Waals surface area contributed by atoms with Gasteiger partial charge < -0.3 is 20.1 Å². The number of halogens is 2. The average Bonchev–Trinajstić information content (AvgIpc) is 3.08. The molecule has 24 heavy (non-hydrogen) atoms. The lowest BCUT2D eigenvalue weighted by atomic mass is 10.2. The summed E-state index contributed by atoms with van der Waals surface area (Å²) < 4.78 is 24.0. The van der Waals surface area contributed by atoms with Gasteiger partial charge in [0.2, 0.25) is 0 Å². The minimum absolute atomic E-state index is 0. The van der Waals surface area contributed by atoms with E-state index < -0.39 is 0 Å². The topological polar surface area (TPSA) is 54.9 Å². The van der Waals surface area contributed by atoms with Gasteiger partial charge in [0.1, 0.15) is 5.82 Å². The Morgan fingerprint density at radius 2 is 2.12 bits per heavy atom. The molecule has 1 aromatic rings. The lowest BCUT2D eigenvalue weighted by Crippen LogP contribution is -2.37. The van der Waals surface area contributed by atoms with Gasteiger partial charge in [0, 0.05) is 33.4 Å². The summed E-state index contributed by atoms with van der Waals surface area (Å²) in [7, 11) is 1.73. The van der Waals surface area contributed by atoms with Gasteiger partial charge in [-0.05, 0) is 37.0 Å². The van der Waals surface area contributed by atoms with E-state index in [2.05, 4.69) is 15.6 Å². The van der Waals surface area contributed by atoms with Crippen molar-refractivity contribution in [3.63, 3.8) is 0 Å². The molecular weight excluding hydrogens is 424 g/mol. The van der Waals surface area contributed by atoms with Gasteiger partial charge in [0.05, 0.1) is 12.7 Å². The zero-order valence-corrected chi connectivity index (χ0v) is 16.4. The third-order valence-corrected chi connectivity index (χ3v) is 3.68. The van der Waals surface area contributed by atoms with Crippen LogP contribution >= 0.6 is 24.0 Å². The standard InChI is InChI=1S/C17H26FN3O2.HI/c1-19-17(21-12-14-5-7-15(18)8-6-14)20-9-3-10-22-13-16-4-2-11-23-16;/h5-8,16H,2-4,9-13H2,1H3,(H2,19,20,21);1H. The summed E-state index contributed by atoms with van der Waals surface area (Å²) in [5, 5.41) is 6.43. The molecule has 1 aromatic carbocycles. The quantitative estimate of drug-likeness (QED) is 0.276. The second-order valence-electron chi connectivity index (χ2n) is 5.54. The molecule has 0 bridgehead atoms. The molecule has 1 heterocycles. The zero-order valence-electron chi connectivity index (χ0n) is 14.1. The minimum atomic E-state index is -0.223. The van der Waals surface area contributed by atoms with Crippen LogP contribution < -0.4 is 10.6 Å². The van der Waals surface area contributed by atoms with E-state index in [4.69, 9.17) is 9.47 Å². The first-order valence-corrected chi connectivity index (χ1v) is 8.16. The predicted octanol–water partition coefficient (Wildman–Crippen LogP) is 2.69. The number of nitrogens with one attached hydrogen (secondary N) is 2. The van der Waals surface area contributed by atoms with Gasteiger partial charge >= 0.3 is 0 Å². The Morgan fingerprint density at radius 3 is 2.79 bits per heavy atom. The number of rotatable bonds is 8. The highest BCUT2D eigenvalue weighted by atomic mass is 127. The number of guanidine groups is 1. The Hall–Kier alpha value is -0.930. The number of hydrogen-bond donors (Lipinski definition) is 2. The van der Waals surface area contributed by atoms with Crippen LogP contribution in [0.4, 0.5) is 4.39 Å². The minimum Gasteiger partial charge on any atom is -0.379 e. The van der Waals surface area contributed by atoms with Gasteiger partial charge in [-0.15, -0.1) is 24.0 Å². The van der Waals surface area contributed by atoms with Crippen LogP contribution in [-0.2, 0) is 16.0 Å². The van der Waals surface area contributed by atoms with Crippen molar-refractivity contribution in [1.29, 1.82) is 0 Å². The maximum Gasteiger partial charge on any atom is 0.191 e. The summed E-state index contributed by atoms with van der Waals surface area (Å²) >= 11 is 0. The van der Waals surface area contributed by atoms with Gasteiger partial charge in [-0.25, -0.2) is 4.39 Å². The molecule has 1 atom stereocenters. The SMILES string of the molecule is CN=C(NCCCOCC1CCCO1)NCc1ccc(F)cc1.I. The second kappa shape index (κ2) is 12.4. The van der Waals surface area contributed by atoms with Gasteiger partial charge in [0.25, 0.3) is 0 Å². The van der Waals surface area contributed by atoms with E-state index in [1.54, 1.807) is 19.2 Å². The molecule has 1 aliphatic rings. The van der Waals surface area contributed by atoms with E-state index in [0.717, 1.165) is 43.9 Å². The molecular formula is C17H27FIN3O2. The normalized spacial score (nSPS) is 17.4. The Morgan fingerprint density at radius 1 is 1.33 bits per heavy atom. The summed E-state index contributed by atoms with van der Waals surface area (Å²) in [4.78, 5) is 4.16. The first-order chi connectivity index (χ1) is 11.3. The van der Waals surface area contributed by atoms with Gasteiger partial charge in [-0.3, -0.25) is 4.99 Å². The van der Waals surface area contributed by atoms with Crippen molar-refractivity contribution in [3.8, 4) is 0 Å². The molecule has 2 rings (SSSR count). The van der Waals surface area contributed by atoms with Crippen LogP contribution in [0.2, 0.25) is 0 Å². The third-order valence-electron chi connectivity index (χ3n) is 3.68. The van der Waals surface area contributed by atoms with Gasteiger partial charge in [-0.2, -0.15) is 0 Å². The number of hydrogen-bond acceptors (Lipinski definition) is 3. The number of ether oxygens (including phenoxy) is 2. The Balaban J connectivity index is 0.00000288. The molecule has 0 amide bonds. The average molecular weight is 451 g/mol. The Labute approximate surface area is 160 Å². The summed E-state index contributed by atoms with van der Waals surface area (Å²) in [6.07, 6.45) is 3.45. The van der Waals surface area contributed by atoms with Crippen molar-refractivity contribution in [2.45, 2.75) is 31.9 Å². The molecule has 7 heteroatoms. The van der Waals surface area contributed by atoms with E-state index in [-0.39, 0.29) is 35.9 Å². The number of aliphatic imine (C=N–C) groups is 1. The molecule has 1 fully saturated rings. The molecule has 0 aliphatic carbocycles. The molecule has 0 spiro atoms. The summed E-state index contributed by atoms with van der Waals surface area (Å²) in [6.45, 7) is 3.66. The van der Waals surface area contributed by atoms with E-state index in [1.165, 1.54) is 12.1 Å². The van der Waals surface area contributed by atoms with Crippen LogP contribution in [-0.4, -0.2) is 45.5 Å². The van der Waals surface area contributed by atoms with Crippen LogP contribution in [0.25, 0.3) is 0 Å². The van der Waals surface area contributed by atoms with Crippen molar-refractivity contribution in [2.75, 3.05) is 33.4 Å². The lowest BCUT2D eigenvalue weighted by molar-refractivity contribution is 0.0168. The highest BCUT2D eigenvalue weighted by Gasteiger charge is 2.14. The van der Waals surface area contributed by atoms with E-state index in [9.17, 15) is 4.39 Å².